The molecule has 0 atom stereocenters. The molecule has 0 aromatic carbocycles. The quantitative estimate of drug-likeness (QED) is 0.285. The highest BCUT2D eigenvalue weighted by Gasteiger charge is 2.15. The number of rotatable bonds is 8. The number of thiophene rings is 1. The minimum Gasteiger partial charge on any atom is -0.373 e. The van der Waals surface area contributed by atoms with Gasteiger partial charge in [0.1, 0.15) is 22.9 Å². The van der Waals surface area contributed by atoms with E-state index in [1.807, 2.05) is 51.5 Å². The molecule has 4 aromatic heterocycles. The van der Waals surface area contributed by atoms with Crippen LogP contribution >= 0.6 is 11.3 Å². The maximum absolute atomic E-state index is 4.93. The van der Waals surface area contributed by atoms with Crippen molar-refractivity contribution in [1.29, 1.82) is 0 Å². The van der Waals surface area contributed by atoms with Crippen LogP contribution in [0, 0.1) is 0 Å². The predicted molar refractivity (Wildman–Crippen MR) is 141 cm³/mol. The third-order valence-corrected chi connectivity index (χ3v) is 6.58. The summed E-state index contributed by atoms with van der Waals surface area (Å²) in [6.07, 6.45) is 12.1. The molecule has 4 rings (SSSR count). The molecule has 4 aromatic rings. The number of aromatic nitrogens is 4. The summed E-state index contributed by atoms with van der Waals surface area (Å²) >= 11 is 1.69. The van der Waals surface area contributed by atoms with E-state index in [-0.39, 0.29) is 0 Å². The lowest BCUT2D eigenvalue weighted by atomic mass is 10.0. The first-order chi connectivity index (χ1) is 16.0. The average molecular weight is 454 g/mol. The van der Waals surface area contributed by atoms with Gasteiger partial charge in [-0.25, -0.2) is 9.97 Å². The van der Waals surface area contributed by atoms with Gasteiger partial charge in [-0.2, -0.15) is 0 Å². The van der Waals surface area contributed by atoms with Gasteiger partial charge in [0.25, 0.3) is 0 Å². The first kappa shape index (κ1) is 22.4. The van der Waals surface area contributed by atoms with Crippen LogP contribution in [0.2, 0.25) is 0 Å². The van der Waals surface area contributed by atoms with Gasteiger partial charge in [-0.15, -0.1) is 11.3 Å². The predicted octanol–water partition coefficient (Wildman–Crippen LogP) is 6.89. The molecule has 0 saturated carbocycles. The van der Waals surface area contributed by atoms with Crippen molar-refractivity contribution >= 4 is 39.3 Å². The Morgan fingerprint density at radius 1 is 1.24 bits per heavy atom. The van der Waals surface area contributed by atoms with Crippen LogP contribution in [-0.4, -0.2) is 27.0 Å². The molecule has 0 radical (unpaired) electrons. The van der Waals surface area contributed by atoms with Gasteiger partial charge < -0.3 is 10.3 Å². The standard InChI is InChI=1S/C27H27N5S/c1-6-8-9-18(7-2)20-14-19(27(28-5)30-16-20)15-24-31-21-12-13-29-26(25(21)32-24)23-11-10-22(33-23)17(3)4/h6-14,16H,1,3,15H2,2,4-5H3,(H,28,30)(H,31,32)/b9-8-,18-7+. The van der Waals surface area contributed by atoms with Gasteiger partial charge in [0.2, 0.25) is 0 Å². The van der Waals surface area contributed by atoms with Gasteiger partial charge in [-0.1, -0.05) is 37.5 Å². The highest BCUT2D eigenvalue weighted by atomic mass is 32.1. The molecule has 166 valence electrons. The number of hydrogen-bond acceptors (Lipinski definition) is 5. The Balaban J connectivity index is 1.72. The summed E-state index contributed by atoms with van der Waals surface area (Å²) in [5.41, 5.74) is 6.99. The van der Waals surface area contributed by atoms with E-state index in [0.717, 1.165) is 60.4 Å². The number of fused-ring (bicyclic) bond motifs is 1. The van der Waals surface area contributed by atoms with E-state index in [1.54, 1.807) is 17.4 Å². The van der Waals surface area contributed by atoms with Crippen molar-refractivity contribution in [2.45, 2.75) is 20.3 Å². The molecule has 6 heteroatoms. The molecule has 0 aliphatic rings. The smallest absolute Gasteiger partial charge is 0.129 e. The van der Waals surface area contributed by atoms with Crippen LogP contribution in [0.1, 0.15) is 35.7 Å². The third kappa shape index (κ3) is 4.71. The molecule has 0 amide bonds. The van der Waals surface area contributed by atoms with E-state index < -0.39 is 0 Å². The number of pyridine rings is 2. The summed E-state index contributed by atoms with van der Waals surface area (Å²) in [5.74, 6) is 1.71. The zero-order valence-electron chi connectivity index (χ0n) is 19.1. The van der Waals surface area contributed by atoms with E-state index >= 15 is 0 Å². The molecule has 0 spiro atoms. The zero-order chi connectivity index (χ0) is 23.4. The summed E-state index contributed by atoms with van der Waals surface area (Å²) in [6, 6.07) is 8.31. The van der Waals surface area contributed by atoms with Gasteiger partial charge in [0, 0.05) is 41.9 Å². The van der Waals surface area contributed by atoms with E-state index in [0.29, 0.717) is 6.42 Å². The Labute approximate surface area is 198 Å². The number of hydrogen-bond donors (Lipinski definition) is 2. The highest BCUT2D eigenvalue weighted by molar-refractivity contribution is 7.16. The van der Waals surface area contributed by atoms with Crippen molar-refractivity contribution in [2.75, 3.05) is 12.4 Å². The summed E-state index contributed by atoms with van der Waals surface area (Å²) in [6.45, 7) is 11.8. The fourth-order valence-corrected chi connectivity index (χ4v) is 4.61. The third-order valence-electron chi connectivity index (χ3n) is 5.33. The van der Waals surface area contributed by atoms with Crippen molar-refractivity contribution in [3.05, 3.63) is 95.9 Å². The van der Waals surface area contributed by atoms with Gasteiger partial charge in [-0.3, -0.25) is 4.98 Å². The normalized spacial score (nSPS) is 11.9. The van der Waals surface area contributed by atoms with Gasteiger partial charge in [-0.05, 0) is 49.3 Å². The summed E-state index contributed by atoms with van der Waals surface area (Å²) in [5, 5.41) is 3.20. The summed E-state index contributed by atoms with van der Waals surface area (Å²) in [7, 11) is 1.89. The average Bonchev–Trinajstić information content (AvgIpc) is 3.47. The van der Waals surface area contributed by atoms with E-state index in [2.05, 4.69) is 57.7 Å². The van der Waals surface area contributed by atoms with Crippen LogP contribution in [-0.2, 0) is 6.42 Å². The number of nitrogens with one attached hydrogen (secondary N) is 2. The monoisotopic (exact) mass is 453 g/mol. The van der Waals surface area contributed by atoms with Crippen LogP contribution in [0.25, 0.3) is 32.8 Å². The fourth-order valence-electron chi connectivity index (χ4n) is 3.68. The zero-order valence-corrected chi connectivity index (χ0v) is 20.0. The van der Waals surface area contributed by atoms with Crippen molar-refractivity contribution in [1.82, 2.24) is 19.9 Å². The van der Waals surface area contributed by atoms with Crippen molar-refractivity contribution < 1.29 is 0 Å². The molecular formula is C27H27N5S. The number of H-pyrrole nitrogens is 1. The van der Waals surface area contributed by atoms with Crippen molar-refractivity contribution in [3.8, 4) is 10.6 Å². The molecule has 33 heavy (non-hydrogen) atoms. The van der Waals surface area contributed by atoms with Crippen molar-refractivity contribution in [2.24, 2.45) is 0 Å². The van der Waals surface area contributed by atoms with Gasteiger partial charge >= 0.3 is 0 Å². The lowest BCUT2D eigenvalue weighted by Gasteiger charge is -2.10. The molecule has 4 heterocycles. The van der Waals surface area contributed by atoms with Crippen LogP contribution in [0.4, 0.5) is 5.82 Å². The van der Waals surface area contributed by atoms with Gasteiger partial charge in [0.05, 0.1) is 10.4 Å². The second-order valence-corrected chi connectivity index (χ2v) is 8.76. The first-order valence-corrected chi connectivity index (χ1v) is 11.6. The molecule has 0 unspecified atom stereocenters. The SMILES string of the molecule is C=C/C=C\C(=C/C)c1cnc(NC)c(Cc2nc3c(-c4ccc(C(=C)C)s4)nccc3[nH]2)c1. The maximum atomic E-state index is 4.93. The molecular weight excluding hydrogens is 426 g/mol. The Hall–Kier alpha value is -3.77. The first-order valence-electron chi connectivity index (χ1n) is 10.8. The second kappa shape index (κ2) is 9.79. The topological polar surface area (TPSA) is 66.5 Å². The summed E-state index contributed by atoms with van der Waals surface area (Å²) < 4.78 is 0. The highest BCUT2D eigenvalue weighted by Crippen LogP contribution is 2.33. The second-order valence-electron chi connectivity index (χ2n) is 7.68. The Morgan fingerprint density at radius 2 is 2.09 bits per heavy atom. The Kier molecular flexibility index (Phi) is 6.66. The van der Waals surface area contributed by atoms with Crippen LogP contribution in [0.5, 0.6) is 0 Å². The van der Waals surface area contributed by atoms with Crippen molar-refractivity contribution in [3.63, 3.8) is 0 Å². The Bertz CT molecular complexity index is 1390. The van der Waals surface area contributed by atoms with Gasteiger partial charge in [0.15, 0.2) is 0 Å². The molecule has 0 bridgehead atoms. The Morgan fingerprint density at radius 3 is 2.79 bits per heavy atom. The molecule has 0 fully saturated rings. The largest absolute Gasteiger partial charge is 0.373 e. The fraction of sp³-hybridized carbons (Fsp3) is 0.148. The lowest BCUT2D eigenvalue weighted by molar-refractivity contribution is 1.02. The maximum Gasteiger partial charge on any atom is 0.129 e. The van der Waals surface area contributed by atoms with Crippen LogP contribution in [0.3, 0.4) is 0 Å². The molecule has 2 N–H and O–H groups in total. The van der Waals surface area contributed by atoms with E-state index in [9.17, 15) is 0 Å². The minimum absolute atomic E-state index is 0.620. The number of nitrogens with zero attached hydrogens (tertiary/aromatic N) is 3. The molecule has 0 aliphatic heterocycles. The van der Waals surface area contributed by atoms with Crippen LogP contribution in [0.15, 0.2) is 74.1 Å². The number of aromatic amines is 1. The molecule has 5 nitrogen and oxygen atoms in total. The molecule has 0 aliphatic carbocycles. The number of allylic oxidation sites excluding steroid dienone is 6. The summed E-state index contributed by atoms with van der Waals surface area (Å²) in [4.78, 5) is 19.9. The van der Waals surface area contributed by atoms with Crippen LogP contribution < -0.4 is 5.32 Å². The lowest BCUT2D eigenvalue weighted by Crippen LogP contribution is -2.02. The molecule has 0 saturated heterocycles. The van der Waals surface area contributed by atoms with E-state index in [1.165, 1.54) is 0 Å². The number of anilines is 1. The minimum atomic E-state index is 0.620. The van der Waals surface area contributed by atoms with E-state index in [4.69, 9.17) is 4.98 Å². The number of imidazole rings is 1.